The van der Waals surface area contributed by atoms with Crippen LogP contribution in [-0.4, -0.2) is 101 Å². The third kappa shape index (κ3) is 4.67. The van der Waals surface area contributed by atoms with E-state index < -0.39 is 63.2 Å². The Kier molecular flexibility index (Phi) is 8.55. The van der Waals surface area contributed by atoms with Crippen LogP contribution >= 0.6 is 0 Å². The van der Waals surface area contributed by atoms with Gasteiger partial charge in [-0.15, -0.1) is 0 Å². The fourth-order valence-corrected chi connectivity index (χ4v) is 15.3. The number of Topliss-reactive ketones (excluding diaryl/α,β-unsaturated/α-hetero) is 1. The lowest BCUT2D eigenvalue weighted by molar-refractivity contribution is -0.282. The predicted octanol–water partition coefficient (Wildman–Crippen LogP) is 5.53. The molecule has 0 aromatic carbocycles. The molecule has 10 aliphatic rings. The van der Waals surface area contributed by atoms with E-state index in [1.54, 1.807) is 6.34 Å². The van der Waals surface area contributed by atoms with Gasteiger partial charge in [0.25, 0.3) is 0 Å². The van der Waals surface area contributed by atoms with Gasteiger partial charge in [0.2, 0.25) is 0 Å². The van der Waals surface area contributed by atoms with Crippen LogP contribution in [0.2, 0.25) is 0 Å². The van der Waals surface area contributed by atoms with Gasteiger partial charge < -0.3 is 28.8 Å². The Labute approximate surface area is 324 Å². The molecule has 6 heterocycles. The standard InChI is InChI=1S/C44H60N2O9/c1-39(2)32-31(47)33(48)43(26-13-7-6-8-14-26)30(42(32)24-52-38(50)41(37(42)55-39)19-11-12-20-41)17-21-40(3)34(53-36(49)35-44(40,43)54-35)28-18-22-51-29(28)16-10-5-4-9-15-27-23-45-25-46-27/h18,25-26,29-30,32-35,37,48H,4-17,19-24H2,1-3H3/p+1. The van der Waals surface area contributed by atoms with E-state index >= 15 is 4.79 Å². The van der Waals surface area contributed by atoms with Crippen LogP contribution in [-0.2, 0) is 33.3 Å². The van der Waals surface area contributed by atoms with Gasteiger partial charge in [0.15, 0.2) is 24.6 Å². The summed E-state index contributed by atoms with van der Waals surface area (Å²) in [6.45, 7) is 7.61. The van der Waals surface area contributed by atoms with Crippen molar-refractivity contribution >= 4 is 29.8 Å². The average Bonchev–Trinajstić information content (AvgIpc) is 3.65. The van der Waals surface area contributed by atoms with Gasteiger partial charge in [0.1, 0.15) is 30.8 Å². The van der Waals surface area contributed by atoms with Gasteiger partial charge in [0, 0.05) is 34.5 Å². The first kappa shape index (κ1) is 36.8. The van der Waals surface area contributed by atoms with E-state index in [0.717, 1.165) is 95.6 Å². The highest BCUT2D eigenvalue weighted by Crippen LogP contribution is 2.82. The summed E-state index contributed by atoms with van der Waals surface area (Å²) in [5, 5.41) is 13.1. The van der Waals surface area contributed by atoms with Crippen LogP contribution in [0.3, 0.4) is 0 Å². The number of aliphatic hydroxyl groups excluding tert-OH is 1. The lowest BCUT2D eigenvalue weighted by Gasteiger charge is -2.70. The summed E-state index contributed by atoms with van der Waals surface area (Å²) in [5.74, 6) is -1.73. The molecule has 11 unspecified atom stereocenters. The van der Waals surface area contributed by atoms with Crippen LogP contribution < -0.4 is 0 Å². The van der Waals surface area contributed by atoms with Crippen molar-refractivity contribution in [2.45, 2.75) is 172 Å². The van der Waals surface area contributed by atoms with Crippen LogP contribution in [0.4, 0.5) is 0 Å². The largest absolute Gasteiger partial charge is 0.464 e. The number of aliphatic hydroxyl groups is 3. The molecule has 0 radical (unpaired) electrons. The minimum Gasteiger partial charge on any atom is -0.464 e. The number of nitrogens with zero attached hydrogens (tertiary/aromatic N) is 2. The van der Waals surface area contributed by atoms with Gasteiger partial charge in [-0.2, -0.15) is 0 Å². The smallest absolute Gasteiger partial charge is 0.339 e. The average molecular weight is 762 g/mol. The summed E-state index contributed by atoms with van der Waals surface area (Å²) < 4.78 is 32.1. The first-order chi connectivity index (χ1) is 26.5. The first-order valence-electron chi connectivity index (χ1n) is 21.8. The number of hydrogen-bond donors (Lipinski definition) is 1. The molecule has 11 atom stereocenters. The first-order valence-corrected chi connectivity index (χ1v) is 21.8. The molecular weight excluding hydrogens is 700 g/mol. The molecule has 0 bridgehead atoms. The molecule has 55 heavy (non-hydrogen) atoms. The number of esters is 2. The van der Waals surface area contributed by atoms with E-state index in [2.05, 4.69) is 23.0 Å². The van der Waals surface area contributed by atoms with Crippen molar-refractivity contribution < 1.29 is 43.2 Å². The number of fused-ring (bicyclic) bond motifs is 2. The van der Waals surface area contributed by atoms with Crippen LogP contribution in [0, 0.1) is 39.4 Å². The molecule has 0 aromatic rings. The number of unbranched alkanes of at least 4 members (excludes halogenated alkanes) is 3. The lowest BCUT2D eigenvalue weighted by atomic mass is 9.32. The number of hydrogen-bond acceptors (Lipinski definition) is 10. The number of carbonyl (C=O) groups excluding carboxylic acids is 3. The molecule has 3 spiro atoms. The van der Waals surface area contributed by atoms with E-state index in [9.17, 15) is 14.7 Å². The van der Waals surface area contributed by atoms with Gasteiger partial charge in [-0.1, -0.05) is 51.9 Å². The van der Waals surface area contributed by atoms with Crippen molar-refractivity contribution in [2.24, 2.45) is 49.4 Å². The summed E-state index contributed by atoms with van der Waals surface area (Å²) in [6.07, 6.45) is 16.2. The summed E-state index contributed by atoms with van der Waals surface area (Å²) >= 11 is 0. The van der Waals surface area contributed by atoms with Gasteiger partial charge in [-0.05, 0) is 83.5 Å². The monoisotopic (exact) mass is 761 g/mol. The summed E-state index contributed by atoms with van der Waals surface area (Å²) in [7, 11) is 0. The van der Waals surface area contributed by atoms with Crippen molar-refractivity contribution in [1.29, 1.82) is 0 Å². The number of ketones is 1. The van der Waals surface area contributed by atoms with Crippen LogP contribution in [0.15, 0.2) is 21.6 Å². The minimum absolute atomic E-state index is 0.0435. The predicted molar refractivity (Wildman–Crippen MR) is 203 cm³/mol. The summed E-state index contributed by atoms with van der Waals surface area (Å²) in [5.41, 5.74) is -3.19. The Morgan fingerprint density at radius 1 is 0.909 bits per heavy atom. The number of ether oxygens (including phenoxy) is 5. The van der Waals surface area contributed by atoms with Crippen molar-refractivity contribution in [3.8, 4) is 0 Å². The van der Waals surface area contributed by atoms with Crippen LogP contribution in [0.25, 0.3) is 0 Å². The molecule has 10 rings (SSSR count). The molecule has 6 aliphatic heterocycles. The number of cyclic esters (lactones) is 2. The molecule has 0 amide bonds. The Hall–Kier alpha value is -2.47. The normalized spacial score (nSPS) is 46.3. The Balaban J connectivity index is 1.03. The molecule has 4 saturated carbocycles. The summed E-state index contributed by atoms with van der Waals surface area (Å²) in [4.78, 5) is 52.4. The molecule has 11 nitrogen and oxygen atoms in total. The Morgan fingerprint density at radius 2 is 1.69 bits per heavy atom. The molecule has 300 valence electrons. The Bertz CT molecular complexity index is 1730. The molecule has 4 saturated heterocycles. The van der Waals surface area contributed by atoms with Crippen LogP contribution in [0.1, 0.15) is 130 Å². The molecule has 4 aliphatic carbocycles. The quantitative estimate of drug-likeness (QED) is 0.106. The van der Waals surface area contributed by atoms with Crippen molar-refractivity contribution in [2.75, 3.05) is 19.8 Å². The van der Waals surface area contributed by atoms with E-state index in [1.165, 1.54) is 5.71 Å². The third-order valence-corrected chi connectivity index (χ3v) is 17.2. The molecule has 8 fully saturated rings. The molecular formula is C44H61N2O9+. The van der Waals surface area contributed by atoms with Gasteiger partial charge in [-0.3, -0.25) is 14.6 Å². The number of rotatable bonds is 9. The van der Waals surface area contributed by atoms with Crippen molar-refractivity contribution in [3.63, 3.8) is 0 Å². The lowest BCUT2D eigenvalue weighted by Crippen LogP contribution is -2.80. The highest BCUT2D eigenvalue weighted by atomic mass is 16.7. The second-order valence-electron chi connectivity index (χ2n) is 19.9. The zero-order valence-electron chi connectivity index (χ0n) is 33.1. The van der Waals surface area contributed by atoms with E-state index in [4.69, 9.17) is 23.7 Å². The van der Waals surface area contributed by atoms with Gasteiger partial charge in [-0.25, -0.2) is 9.79 Å². The minimum atomic E-state index is -1.34. The highest BCUT2D eigenvalue weighted by Gasteiger charge is 2.93. The molecule has 0 aromatic heterocycles. The topological polar surface area (TPSA) is 149 Å². The fourth-order valence-electron chi connectivity index (χ4n) is 15.3. The van der Waals surface area contributed by atoms with E-state index in [0.29, 0.717) is 32.3 Å². The molecule has 11 heteroatoms. The Morgan fingerprint density at radius 3 is 2.45 bits per heavy atom. The highest BCUT2D eigenvalue weighted by molar-refractivity contribution is 5.96. The van der Waals surface area contributed by atoms with Crippen molar-refractivity contribution in [1.82, 2.24) is 0 Å². The second kappa shape index (κ2) is 12.8. The van der Waals surface area contributed by atoms with E-state index in [1.807, 2.05) is 13.8 Å². The molecule has 2 N–H and O–H groups in total. The maximum atomic E-state index is 15.5. The third-order valence-electron chi connectivity index (χ3n) is 17.2. The number of aliphatic imine (C=N–C) groups is 2. The SMILES string of the molecule is CC1(C)OC2C3(CCCC3)C(=O)OCC23C1C(=O)C(O)C1(C2CCCCC2)C3CCC2(C)C(C3=CC[OH+]C3CCCCCCC3=NC=NC3)OC(=O)C3OC321. The maximum Gasteiger partial charge on any atom is 0.339 e. The fraction of sp³-hybridized carbons (Fsp3) is 0.841. The zero-order valence-corrected chi connectivity index (χ0v) is 33.1. The van der Waals surface area contributed by atoms with Gasteiger partial charge >= 0.3 is 11.9 Å². The summed E-state index contributed by atoms with van der Waals surface area (Å²) in [6, 6.07) is 0. The zero-order chi connectivity index (χ0) is 38.0. The second-order valence-corrected chi connectivity index (χ2v) is 19.9. The van der Waals surface area contributed by atoms with Gasteiger partial charge in [0.05, 0.1) is 35.2 Å². The number of carbonyl (C=O) groups is 3. The van der Waals surface area contributed by atoms with Crippen molar-refractivity contribution in [3.05, 3.63) is 11.6 Å². The van der Waals surface area contributed by atoms with Crippen LogP contribution in [0.5, 0.6) is 0 Å². The maximum absolute atomic E-state index is 15.5. The number of epoxide rings is 1. The van der Waals surface area contributed by atoms with E-state index in [-0.39, 0.29) is 42.3 Å².